The molecule has 0 spiro atoms. The van der Waals surface area contributed by atoms with Gasteiger partial charge in [-0.25, -0.2) is 0 Å². The highest BCUT2D eigenvalue weighted by Crippen LogP contribution is 2.01. The van der Waals surface area contributed by atoms with Crippen molar-refractivity contribution in [2.24, 2.45) is 5.73 Å². The lowest BCUT2D eigenvalue weighted by Gasteiger charge is -2.17. The molecule has 2 nitrogen and oxygen atoms in total. The van der Waals surface area contributed by atoms with Crippen LogP contribution in [-0.2, 0) is 0 Å². The molecule has 0 bridgehead atoms. The molecule has 0 radical (unpaired) electrons. The lowest BCUT2D eigenvalue weighted by Crippen LogP contribution is -2.36. The normalized spacial score (nSPS) is 29.5. The van der Waals surface area contributed by atoms with Crippen molar-refractivity contribution in [1.82, 2.24) is 4.90 Å². The average Bonchev–Trinajstić information content (AvgIpc) is 2.14. The first kappa shape index (κ1) is 5.79. The molecule has 1 atom stereocenters. The summed E-state index contributed by atoms with van der Waals surface area (Å²) in [6.45, 7) is 4.19. The van der Waals surface area contributed by atoms with Crippen LogP contribution in [0.25, 0.3) is 0 Å². The van der Waals surface area contributed by atoms with Crippen molar-refractivity contribution in [2.75, 3.05) is 13.1 Å². The molecule has 1 aliphatic heterocycles. The molecule has 0 saturated heterocycles. The zero-order chi connectivity index (χ0) is 5.98. The maximum Gasteiger partial charge on any atom is 0.0767 e. The van der Waals surface area contributed by atoms with Crippen LogP contribution in [-0.4, -0.2) is 24.2 Å². The standard InChI is InChI=1S/C6H12N2/c1-2-8-5-3-4-6(8)7/h3-4,6H,2,5,7H2,1H3. The van der Waals surface area contributed by atoms with Crippen molar-refractivity contribution in [3.63, 3.8) is 0 Å². The third kappa shape index (κ3) is 0.904. The van der Waals surface area contributed by atoms with E-state index < -0.39 is 0 Å². The number of nitrogens with two attached hydrogens (primary N) is 1. The molecule has 0 fully saturated rings. The first-order valence-corrected chi connectivity index (χ1v) is 3.01. The first-order valence-electron chi connectivity index (χ1n) is 3.01. The van der Waals surface area contributed by atoms with Gasteiger partial charge < -0.3 is 5.73 Å². The van der Waals surface area contributed by atoms with Crippen LogP contribution in [0, 0.1) is 0 Å². The molecule has 0 saturated carbocycles. The van der Waals surface area contributed by atoms with Crippen LogP contribution in [0.4, 0.5) is 0 Å². The smallest absolute Gasteiger partial charge is 0.0767 e. The first-order chi connectivity index (χ1) is 3.84. The van der Waals surface area contributed by atoms with Gasteiger partial charge in [-0.3, -0.25) is 4.90 Å². The molecule has 0 amide bonds. The van der Waals surface area contributed by atoms with E-state index in [1.807, 2.05) is 6.08 Å². The van der Waals surface area contributed by atoms with Gasteiger partial charge in [-0.1, -0.05) is 19.1 Å². The summed E-state index contributed by atoms with van der Waals surface area (Å²) >= 11 is 0. The van der Waals surface area contributed by atoms with Crippen LogP contribution >= 0.6 is 0 Å². The molecule has 1 rings (SSSR count). The Kier molecular flexibility index (Phi) is 1.65. The van der Waals surface area contributed by atoms with E-state index in [-0.39, 0.29) is 6.17 Å². The summed E-state index contributed by atoms with van der Waals surface area (Å²) < 4.78 is 0. The van der Waals surface area contributed by atoms with Gasteiger partial charge in [-0.15, -0.1) is 0 Å². The summed E-state index contributed by atoms with van der Waals surface area (Å²) in [4.78, 5) is 2.19. The number of rotatable bonds is 1. The van der Waals surface area contributed by atoms with E-state index in [9.17, 15) is 0 Å². The predicted octanol–water partition coefficient (Wildman–Crippen LogP) is 0.163. The Morgan fingerprint density at radius 3 is 2.88 bits per heavy atom. The van der Waals surface area contributed by atoms with Gasteiger partial charge in [0.1, 0.15) is 0 Å². The van der Waals surface area contributed by atoms with Crippen LogP contribution in [0.1, 0.15) is 6.92 Å². The fourth-order valence-corrected chi connectivity index (χ4v) is 0.919. The quantitative estimate of drug-likeness (QED) is 0.490. The van der Waals surface area contributed by atoms with Crippen molar-refractivity contribution in [3.8, 4) is 0 Å². The average molecular weight is 112 g/mol. The highest BCUT2D eigenvalue weighted by Gasteiger charge is 2.11. The Morgan fingerprint density at radius 2 is 2.62 bits per heavy atom. The van der Waals surface area contributed by atoms with E-state index in [1.54, 1.807) is 0 Å². The summed E-state index contributed by atoms with van der Waals surface area (Å²) in [7, 11) is 0. The summed E-state index contributed by atoms with van der Waals surface area (Å²) in [6, 6.07) is 0. The second-order valence-corrected chi connectivity index (χ2v) is 2.01. The van der Waals surface area contributed by atoms with Crippen LogP contribution in [0.3, 0.4) is 0 Å². The molecule has 1 heterocycles. The number of nitrogens with zero attached hydrogens (tertiary/aromatic N) is 1. The van der Waals surface area contributed by atoms with Gasteiger partial charge in [-0.05, 0) is 6.54 Å². The summed E-state index contributed by atoms with van der Waals surface area (Å²) in [6.07, 6.45) is 4.32. The third-order valence-corrected chi connectivity index (χ3v) is 1.50. The SMILES string of the molecule is CCN1CC=CC1N. The van der Waals surface area contributed by atoms with E-state index in [0.29, 0.717) is 0 Å². The van der Waals surface area contributed by atoms with Gasteiger partial charge in [-0.2, -0.15) is 0 Å². The Hall–Kier alpha value is -0.340. The molecule has 8 heavy (non-hydrogen) atoms. The van der Waals surface area contributed by atoms with Crippen LogP contribution in [0.5, 0.6) is 0 Å². The third-order valence-electron chi connectivity index (χ3n) is 1.50. The molecule has 2 N–H and O–H groups in total. The monoisotopic (exact) mass is 112 g/mol. The van der Waals surface area contributed by atoms with E-state index in [0.717, 1.165) is 13.1 Å². The van der Waals surface area contributed by atoms with Gasteiger partial charge in [0.25, 0.3) is 0 Å². The van der Waals surface area contributed by atoms with E-state index in [2.05, 4.69) is 17.9 Å². The number of likely N-dealkylation sites (N-methyl/N-ethyl adjacent to an activating group) is 1. The summed E-state index contributed by atoms with van der Waals surface area (Å²) in [5, 5.41) is 0. The lowest BCUT2D eigenvalue weighted by molar-refractivity contribution is 0.292. The van der Waals surface area contributed by atoms with Gasteiger partial charge in [0.2, 0.25) is 0 Å². The Bertz CT molecular complexity index is 98.7. The predicted molar refractivity (Wildman–Crippen MR) is 34.4 cm³/mol. The fourth-order valence-electron chi connectivity index (χ4n) is 0.919. The largest absolute Gasteiger partial charge is 0.312 e. The van der Waals surface area contributed by atoms with Crippen molar-refractivity contribution in [3.05, 3.63) is 12.2 Å². The van der Waals surface area contributed by atoms with Gasteiger partial charge >= 0.3 is 0 Å². The minimum Gasteiger partial charge on any atom is -0.312 e. The Balaban J connectivity index is 2.38. The fraction of sp³-hybridized carbons (Fsp3) is 0.667. The number of hydrogen-bond acceptors (Lipinski definition) is 2. The lowest BCUT2D eigenvalue weighted by atomic mass is 10.5. The second kappa shape index (κ2) is 2.29. The molecule has 0 aromatic heterocycles. The maximum atomic E-state index is 5.63. The molecule has 2 heteroatoms. The van der Waals surface area contributed by atoms with Crippen molar-refractivity contribution in [2.45, 2.75) is 13.1 Å². The van der Waals surface area contributed by atoms with Crippen LogP contribution in [0.2, 0.25) is 0 Å². The summed E-state index contributed by atoms with van der Waals surface area (Å²) in [5.74, 6) is 0. The molecule has 46 valence electrons. The molecular weight excluding hydrogens is 100 g/mol. The Morgan fingerprint density at radius 1 is 1.88 bits per heavy atom. The zero-order valence-electron chi connectivity index (χ0n) is 5.17. The highest BCUT2D eigenvalue weighted by atomic mass is 15.2. The zero-order valence-corrected chi connectivity index (χ0v) is 5.17. The number of hydrogen-bond donors (Lipinski definition) is 1. The maximum absolute atomic E-state index is 5.63. The van der Waals surface area contributed by atoms with Crippen LogP contribution in [0.15, 0.2) is 12.2 Å². The molecule has 1 unspecified atom stereocenters. The van der Waals surface area contributed by atoms with Crippen LogP contribution < -0.4 is 5.73 Å². The molecular formula is C6H12N2. The highest BCUT2D eigenvalue weighted by molar-refractivity contribution is 5.00. The van der Waals surface area contributed by atoms with Gasteiger partial charge in [0, 0.05) is 6.54 Å². The Labute approximate surface area is 50.0 Å². The van der Waals surface area contributed by atoms with Gasteiger partial charge in [0.05, 0.1) is 6.17 Å². The molecule has 0 aliphatic carbocycles. The van der Waals surface area contributed by atoms with E-state index >= 15 is 0 Å². The minimum absolute atomic E-state index is 0.181. The van der Waals surface area contributed by atoms with Crippen molar-refractivity contribution < 1.29 is 0 Å². The van der Waals surface area contributed by atoms with Gasteiger partial charge in [0.15, 0.2) is 0 Å². The van der Waals surface area contributed by atoms with Crippen molar-refractivity contribution >= 4 is 0 Å². The van der Waals surface area contributed by atoms with E-state index in [1.165, 1.54) is 0 Å². The summed E-state index contributed by atoms with van der Waals surface area (Å²) in [5.41, 5.74) is 5.63. The topological polar surface area (TPSA) is 29.3 Å². The molecule has 1 aliphatic rings. The molecule has 0 aromatic carbocycles. The molecule has 0 aromatic rings. The van der Waals surface area contributed by atoms with E-state index in [4.69, 9.17) is 5.73 Å². The van der Waals surface area contributed by atoms with Crippen molar-refractivity contribution in [1.29, 1.82) is 0 Å². The minimum atomic E-state index is 0.181. The second-order valence-electron chi connectivity index (χ2n) is 2.01.